The van der Waals surface area contributed by atoms with Crippen molar-refractivity contribution in [2.75, 3.05) is 0 Å². The van der Waals surface area contributed by atoms with Crippen LogP contribution in [0.1, 0.15) is 0 Å². The number of hydrogen-bond donors (Lipinski definition) is 0. The van der Waals surface area contributed by atoms with Crippen molar-refractivity contribution in [3.63, 3.8) is 0 Å². The number of benzene rings is 3. The average molecular weight is 379 g/mol. The predicted octanol–water partition coefficient (Wildman–Crippen LogP) is 5.59. The Kier molecular flexibility index (Phi) is 5.40. The van der Waals surface area contributed by atoms with Gasteiger partial charge in [-0.3, -0.25) is 0 Å². The zero-order chi connectivity index (χ0) is 14.7. The standard InChI is InChI=1S/C18H14BrFS.H2O/c19-21(16-7-3-1-4-8-16,17-9-5-2-6-10-17)18-13-11-15(20)12-14-18;/h1-14H;1H2. The fraction of sp³-hybridized carbons (Fsp3) is 0. The Hall–Kier alpha value is -1.62. The maximum atomic E-state index is 13.3. The Balaban J connectivity index is 0.00000176. The quantitative estimate of drug-likeness (QED) is 0.568. The van der Waals surface area contributed by atoms with Crippen LogP contribution in [0.2, 0.25) is 0 Å². The third kappa shape index (κ3) is 3.09. The molecule has 3 aromatic carbocycles. The lowest BCUT2D eigenvalue weighted by atomic mass is 10.3. The summed E-state index contributed by atoms with van der Waals surface area (Å²) in [6, 6.07) is 27.3. The Morgan fingerprint density at radius 1 is 0.591 bits per heavy atom. The average Bonchev–Trinajstić information content (AvgIpc) is 2.56. The van der Waals surface area contributed by atoms with Gasteiger partial charge < -0.3 is 5.48 Å². The molecule has 3 rings (SSSR count). The third-order valence-corrected chi connectivity index (χ3v) is 9.40. The zero-order valence-corrected chi connectivity index (χ0v) is 14.1. The monoisotopic (exact) mass is 378 g/mol. The lowest BCUT2D eigenvalue weighted by molar-refractivity contribution is 0.626. The van der Waals surface area contributed by atoms with Crippen molar-refractivity contribution >= 4 is 23.3 Å². The van der Waals surface area contributed by atoms with E-state index in [-0.39, 0.29) is 11.3 Å². The van der Waals surface area contributed by atoms with Crippen molar-refractivity contribution in [1.82, 2.24) is 0 Å². The molecule has 0 atom stereocenters. The van der Waals surface area contributed by atoms with E-state index in [1.807, 2.05) is 48.5 Å². The van der Waals surface area contributed by atoms with Crippen molar-refractivity contribution in [3.8, 4) is 0 Å². The van der Waals surface area contributed by atoms with Crippen molar-refractivity contribution in [1.29, 1.82) is 0 Å². The minimum absolute atomic E-state index is 0. The van der Waals surface area contributed by atoms with Gasteiger partial charge in [-0.25, -0.2) is 4.39 Å². The lowest BCUT2D eigenvalue weighted by Crippen LogP contribution is -1.96. The first-order chi connectivity index (χ1) is 10.2. The molecule has 0 aliphatic rings. The van der Waals surface area contributed by atoms with Gasteiger partial charge in [0.2, 0.25) is 0 Å². The van der Waals surface area contributed by atoms with Crippen LogP contribution in [0.3, 0.4) is 0 Å². The van der Waals surface area contributed by atoms with Gasteiger partial charge in [-0.2, -0.15) is 0 Å². The van der Waals surface area contributed by atoms with Gasteiger partial charge in [-0.1, -0.05) is 36.4 Å². The van der Waals surface area contributed by atoms with Crippen molar-refractivity contribution in [2.24, 2.45) is 0 Å². The highest BCUT2D eigenvalue weighted by Crippen LogP contribution is 2.73. The molecule has 0 aromatic heterocycles. The Morgan fingerprint density at radius 3 is 1.36 bits per heavy atom. The molecule has 0 aliphatic heterocycles. The van der Waals surface area contributed by atoms with Crippen LogP contribution in [0.4, 0.5) is 4.39 Å². The molecule has 0 radical (unpaired) electrons. The fourth-order valence-corrected chi connectivity index (χ4v) is 6.58. The van der Waals surface area contributed by atoms with E-state index in [4.69, 9.17) is 0 Å². The van der Waals surface area contributed by atoms with E-state index >= 15 is 0 Å². The van der Waals surface area contributed by atoms with Gasteiger partial charge >= 0.3 is 0 Å². The molecular formula is C18H16BrFOS. The summed E-state index contributed by atoms with van der Waals surface area (Å²) >= 11 is 4.00. The number of rotatable bonds is 3. The van der Waals surface area contributed by atoms with E-state index in [0.29, 0.717) is 0 Å². The van der Waals surface area contributed by atoms with Crippen LogP contribution in [-0.2, 0) is 0 Å². The van der Waals surface area contributed by atoms with Gasteiger partial charge in [-0.15, -0.1) is 8.46 Å². The van der Waals surface area contributed by atoms with E-state index in [9.17, 15) is 4.39 Å². The van der Waals surface area contributed by atoms with Crippen molar-refractivity contribution < 1.29 is 9.87 Å². The highest BCUT2D eigenvalue weighted by molar-refractivity contribution is 9.58. The first-order valence-corrected chi connectivity index (χ1v) is 10.1. The summed E-state index contributed by atoms with van der Waals surface area (Å²) in [4.78, 5) is 3.48. The SMILES string of the molecule is Fc1ccc(S(Br)(c2ccccc2)c2ccccc2)cc1.O. The molecule has 114 valence electrons. The van der Waals surface area contributed by atoms with Crippen molar-refractivity contribution in [3.05, 3.63) is 90.7 Å². The summed E-state index contributed by atoms with van der Waals surface area (Å²) in [6.45, 7) is 0. The van der Waals surface area contributed by atoms with Crippen LogP contribution >= 0.6 is 23.3 Å². The molecule has 2 N–H and O–H groups in total. The highest BCUT2D eigenvalue weighted by atomic mass is 79.9. The number of halogens is 2. The first kappa shape index (κ1) is 16.7. The van der Waals surface area contributed by atoms with Crippen LogP contribution in [0.25, 0.3) is 0 Å². The molecule has 0 heterocycles. The van der Waals surface area contributed by atoms with Crippen LogP contribution in [0.5, 0.6) is 0 Å². The second-order valence-electron chi connectivity index (χ2n) is 4.62. The molecule has 0 fully saturated rings. The predicted molar refractivity (Wildman–Crippen MR) is 94.2 cm³/mol. The Morgan fingerprint density at radius 2 is 0.955 bits per heavy atom. The maximum Gasteiger partial charge on any atom is 0.123 e. The molecule has 0 amide bonds. The molecule has 22 heavy (non-hydrogen) atoms. The second-order valence-corrected chi connectivity index (χ2v) is 10.0. The van der Waals surface area contributed by atoms with Crippen LogP contribution < -0.4 is 0 Å². The Labute approximate surface area is 138 Å². The molecule has 0 bridgehead atoms. The molecule has 0 saturated heterocycles. The zero-order valence-electron chi connectivity index (χ0n) is 11.7. The molecule has 1 nitrogen and oxygen atoms in total. The molecule has 0 aliphatic carbocycles. The number of hydrogen-bond acceptors (Lipinski definition) is 0. The topological polar surface area (TPSA) is 31.5 Å². The molecule has 3 aromatic rings. The summed E-state index contributed by atoms with van der Waals surface area (Å²) in [5.74, 6) is -0.214. The van der Waals surface area contributed by atoms with Crippen LogP contribution in [-0.4, -0.2) is 5.48 Å². The van der Waals surface area contributed by atoms with Gasteiger partial charge in [0, 0.05) is 14.7 Å². The van der Waals surface area contributed by atoms with Crippen LogP contribution in [0, 0.1) is 5.82 Å². The molecule has 0 unspecified atom stereocenters. The van der Waals surface area contributed by atoms with Gasteiger partial charge in [0.05, 0.1) is 0 Å². The van der Waals surface area contributed by atoms with Gasteiger partial charge in [0.25, 0.3) is 0 Å². The van der Waals surface area contributed by atoms with Gasteiger partial charge in [0.1, 0.15) is 5.82 Å². The third-order valence-electron chi connectivity index (χ3n) is 3.27. The van der Waals surface area contributed by atoms with E-state index in [1.54, 1.807) is 0 Å². The summed E-state index contributed by atoms with van der Waals surface area (Å²) in [7, 11) is -1.55. The first-order valence-electron chi connectivity index (χ1n) is 6.60. The maximum absolute atomic E-state index is 13.3. The molecular weight excluding hydrogens is 363 g/mol. The normalized spacial score (nSPS) is 11.5. The van der Waals surface area contributed by atoms with Gasteiger partial charge in [0.15, 0.2) is 0 Å². The minimum atomic E-state index is -1.55. The summed E-state index contributed by atoms with van der Waals surface area (Å²) in [5, 5.41) is 0. The van der Waals surface area contributed by atoms with E-state index < -0.39 is 8.46 Å². The van der Waals surface area contributed by atoms with E-state index in [1.165, 1.54) is 21.9 Å². The van der Waals surface area contributed by atoms with Crippen molar-refractivity contribution in [2.45, 2.75) is 14.7 Å². The summed E-state index contributed by atoms with van der Waals surface area (Å²) < 4.78 is 13.3. The van der Waals surface area contributed by atoms with Crippen LogP contribution in [0.15, 0.2) is 99.6 Å². The molecule has 0 saturated carbocycles. The molecule has 4 heteroatoms. The van der Waals surface area contributed by atoms with Gasteiger partial charge in [-0.05, 0) is 63.3 Å². The summed E-state index contributed by atoms with van der Waals surface area (Å²) in [5.41, 5.74) is 0. The highest BCUT2D eigenvalue weighted by Gasteiger charge is 2.27. The Bertz CT molecular complexity index is 678. The lowest BCUT2D eigenvalue weighted by Gasteiger charge is -2.34. The fourth-order valence-electron chi connectivity index (χ4n) is 2.25. The van der Waals surface area contributed by atoms with E-state index in [2.05, 4.69) is 39.1 Å². The smallest absolute Gasteiger partial charge is 0.123 e. The largest absolute Gasteiger partial charge is 0.412 e. The second kappa shape index (κ2) is 7.09. The minimum Gasteiger partial charge on any atom is -0.412 e. The molecule has 0 spiro atoms. The van der Waals surface area contributed by atoms with E-state index in [0.717, 1.165) is 4.90 Å². The summed E-state index contributed by atoms with van der Waals surface area (Å²) in [6.07, 6.45) is 0.